The fourth-order valence-electron chi connectivity index (χ4n) is 3.33. The average molecular weight is 542 g/mol. The lowest BCUT2D eigenvalue weighted by Crippen LogP contribution is -2.46. The van der Waals surface area contributed by atoms with Gasteiger partial charge in [0.05, 0.1) is 12.5 Å². The molecule has 1 saturated heterocycles. The molecule has 3 rings (SSSR count). The molecule has 1 aromatic carbocycles. The Bertz CT molecular complexity index is 871. The minimum atomic E-state index is -0.356. The van der Waals surface area contributed by atoms with E-state index < -0.39 is 0 Å². The van der Waals surface area contributed by atoms with Gasteiger partial charge >= 0.3 is 5.97 Å². The van der Waals surface area contributed by atoms with Crippen molar-refractivity contribution in [3.05, 3.63) is 54.0 Å². The van der Waals surface area contributed by atoms with Crippen LogP contribution in [0, 0.1) is 11.7 Å². The number of pyridine rings is 1. The zero-order chi connectivity index (χ0) is 21.3. The minimum absolute atomic E-state index is 0. The molecule has 31 heavy (non-hydrogen) atoms. The Labute approximate surface area is 199 Å². The molecule has 7 nitrogen and oxygen atoms in total. The molecule has 1 aliphatic rings. The smallest absolute Gasteiger partial charge is 0.309 e. The molecule has 0 amide bonds. The molecule has 1 aromatic heterocycles. The van der Waals surface area contributed by atoms with Crippen LogP contribution in [0.15, 0.2) is 47.6 Å². The molecular weight excluding hydrogens is 514 g/mol. The highest BCUT2D eigenvalue weighted by Gasteiger charge is 2.27. The Morgan fingerprint density at radius 1 is 1.29 bits per heavy atom. The van der Waals surface area contributed by atoms with Crippen molar-refractivity contribution in [3.8, 4) is 11.6 Å². The molecule has 0 spiro atoms. The monoisotopic (exact) mass is 542 g/mol. The minimum Gasteiger partial charge on any atom is -0.466 e. The summed E-state index contributed by atoms with van der Waals surface area (Å²) in [6, 6.07) is 9.58. The molecule has 0 bridgehead atoms. The van der Waals surface area contributed by atoms with Crippen molar-refractivity contribution >= 4 is 35.9 Å². The van der Waals surface area contributed by atoms with Gasteiger partial charge in [0.2, 0.25) is 5.88 Å². The lowest BCUT2D eigenvalue weighted by molar-refractivity contribution is -0.149. The Balaban J connectivity index is 0.00000341. The number of aliphatic imine (C=N–C) groups is 1. The summed E-state index contributed by atoms with van der Waals surface area (Å²) in [5.74, 6) is 1.10. The molecule has 1 N–H and O–H groups in total. The van der Waals surface area contributed by atoms with E-state index in [4.69, 9.17) is 9.47 Å². The first kappa shape index (κ1) is 24.8. The fourth-order valence-corrected chi connectivity index (χ4v) is 3.33. The normalized spacial score (nSPS) is 14.5. The van der Waals surface area contributed by atoms with Crippen LogP contribution < -0.4 is 10.1 Å². The van der Waals surface area contributed by atoms with Crippen molar-refractivity contribution in [2.24, 2.45) is 10.9 Å². The van der Waals surface area contributed by atoms with E-state index in [2.05, 4.69) is 20.2 Å². The van der Waals surface area contributed by atoms with Gasteiger partial charge in [-0.1, -0.05) is 12.1 Å². The van der Waals surface area contributed by atoms with Crippen LogP contribution in [0.2, 0.25) is 0 Å². The van der Waals surface area contributed by atoms with Crippen molar-refractivity contribution < 1.29 is 18.7 Å². The number of piperidine rings is 1. The molecule has 168 valence electrons. The van der Waals surface area contributed by atoms with Gasteiger partial charge in [0.25, 0.3) is 0 Å². The zero-order valence-corrected chi connectivity index (χ0v) is 20.0. The van der Waals surface area contributed by atoms with Crippen LogP contribution in [0.3, 0.4) is 0 Å². The van der Waals surface area contributed by atoms with E-state index in [1.165, 1.54) is 12.1 Å². The van der Waals surface area contributed by atoms with Gasteiger partial charge in [-0.05, 0) is 37.5 Å². The Morgan fingerprint density at radius 2 is 2.06 bits per heavy atom. The number of carbonyl (C=O) groups is 1. The van der Waals surface area contributed by atoms with Crippen LogP contribution in [0.5, 0.6) is 11.6 Å². The third-order valence-electron chi connectivity index (χ3n) is 4.89. The lowest BCUT2D eigenvalue weighted by Gasteiger charge is -2.33. The van der Waals surface area contributed by atoms with Crippen LogP contribution >= 0.6 is 24.0 Å². The second-order valence-electron chi connectivity index (χ2n) is 6.98. The number of carbonyl (C=O) groups excluding carboxylic acids is 1. The molecule has 1 aliphatic heterocycles. The third-order valence-corrected chi connectivity index (χ3v) is 4.89. The number of guanidine groups is 1. The van der Waals surface area contributed by atoms with Crippen LogP contribution in [-0.2, 0) is 16.1 Å². The van der Waals surface area contributed by atoms with E-state index in [1.807, 2.05) is 13.0 Å². The number of ether oxygens (including phenoxy) is 2. The molecule has 9 heteroatoms. The second-order valence-corrected chi connectivity index (χ2v) is 6.98. The quantitative estimate of drug-likeness (QED) is 0.258. The van der Waals surface area contributed by atoms with Crippen molar-refractivity contribution in [1.29, 1.82) is 0 Å². The summed E-state index contributed by atoms with van der Waals surface area (Å²) < 4.78 is 23.9. The first-order valence-corrected chi connectivity index (χ1v) is 10.1. The first-order chi connectivity index (χ1) is 14.6. The van der Waals surface area contributed by atoms with Gasteiger partial charge in [0.1, 0.15) is 11.6 Å². The van der Waals surface area contributed by atoms with Crippen molar-refractivity contribution in [2.75, 3.05) is 26.7 Å². The van der Waals surface area contributed by atoms with Gasteiger partial charge in [-0.15, -0.1) is 24.0 Å². The number of nitrogens with zero attached hydrogens (tertiary/aromatic N) is 3. The molecule has 0 unspecified atom stereocenters. The van der Waals surface area contributed by atoms with Gasteiger partial charge < -0.3 is 19.7 Å². The highest BCUT2D eigenvalue weighted by Crippen LogP contribution is 2.21. The summed E-state index contributed by atoms with van der Waals surface area (Å²) in [7, 11) is 1.74. The highest BCUT2D eigenvalue weighted by atomic mass is 127. The summed E-state index contributed by atoms with van der Waals surface area (Å²) >= 11 is 0. The number of aromatic nitrogens is 1. The average Bonchev–Trinajstić information content (AvgIpc) is 2.76. The van der Waals surface area contributed by atoms with Gasteiger partial charge in [-0.2, -0.15) is 0 Å². The number of esters is 1. The predicted molar refractivity (Wildman–Crippen MR) is 127 cm³/mol. The second kappa shape index (κ2) is 12.4. The topological polar surface area (TPSA) is 76.0 Å². The third kappa shape index (κ3) is 7.34. The van der Waals surface area contributed by atoms with E-state index in [1.54, 1.807) is 31.4 Å². The fraction of sp³-hybridized carbons (Fsp3) is 0.409. The largest absolute Gasteiger partial charge is 0.466 e. The van der Waals surface area contributed by atoms with E-state index in [0.717, 1.165) is 37.5 Å². The number of benzene rings is 1. The van der Waals surface area contributed by atoms with Crippen LogP contribution in [-0.4, -0.2) is 48.6 Å². The number of likely N-dealkylation sites (tertiary alicyclic amines) is 1. The molecule has 0 aliphatic carbocycles. The Morgan fingerprint density at radius 3 is 2.68 bits per heavy atom. The summed E-state index contributed by atoms with van der Waals surface area (Å²) in [5.41, 5.74) is 0.962. The number of hydrogen-bond acceptors (Lipinski definition) is 5. The van der Waals surface area contributed by atoms with E-state index in [-0.39, 0.29) is 41.7 Å². The van der Waals surface area contributed by atoms with Crippen LogP contribution in [0.4, 0.5) is 4.39 Å². The highest BCUT2D eigenvalue weighted by molar-refractivity contribution is 14.0. The summed E-state index contributed by atoms with van der Waals surface area (Å²) in [6.07, 6.45) is 3.22. The van der Waals surface area contributed by atoms with E-state index in [0.29, 0.717) is 24.8 Å². The number of nitrogens with one attached hydrogen (secondary N) is 1. The van der Waals surface area contributed by atoms with Gasteiger partial charge in [-0.25, -0.2) is 9.37 Å². The molecule has 0 atom stereocenters. The molecule has 2 aromatic rings. The van der Waals surface area contributed by atoms with E-state index in [9.17, 15) is 9.18 Å². The molecular formula is C22H28FIN4O3. The Kier molecular flexibility index (Phi) is 9.96. The van der Waals surface area contributed by atoms with Crippen LogP contribution in [0.1, 0.15) is 25.3 Å². The standard InChI is InChI=1S/C22H27FN4O3.HI/c1-3-29-21(28)17-9-11-27(12-10-17)22(24-2)26-15-16-7-8-20(25-14-16)30-19-6-4-5-18(23)13-19;/h4-8,13-14,17H,3,9-12,15H2,1-2H3,(H,24,26);1H. The maximum Gasteiger partial charge on any atom is 0.309 e. The summed E-state index contributed by atoms with van der Waals surface area (Å²) in [4.78, 5) is 22.7. The SMILES string of the molecule is CCOC(=O)C1CCN(C(=NC)NCc2ccc(Oc3cccc(F)c3)nc2)CC1.I. The Hall–Kier alpha value is -2.43. The summed E-state index contributed by atoms with van der Waals surface area (Å²) in [5, 5.41) is 3.33. The van der Waals surface area contributed by atoms with Gasteiger partial charge in [-0.3, -0.25) is 9.79 Å². The molecule has 0 saturated carbocycles. The van der Waals surface area contributed by atoms with Crippen LogP contribution in [0.25, 0.3) is 0 Å². The van der Waals surface area contributed by atoms with E-state index >= 15 is 0 Å². The van der Waals surface area contributed by atoms with Gasteiger partial charge in [0, 0.05) is 45.0 Å². The van der Waals surface area contributed by atoms with Crippen molar-refractivity contribution in [1.82, 2.24) is 15.2 Å². The molecule has 1 fully saturated rings. The first-order valence-electron chi connectivity index (χ1n) is 10.1. The lowest BCUT2D eigenvalue weighted by atomic mass is 9.97. The zero-order valence-electron chi connectivity index (χ0n) is 17.7. The number of rotatable bonds is 6. The number of hydrogen-bond donors (Lipinski definition) is 1. The van der Waals surface area contributed by atoms with Gasteiger partial charge in [0.15, 0.2) is 5.96 Å². The maximum atomic E-state index is 13.2. The molecule has 2 heterocycles. The number of halogens is 2. The molecule has 0 radical (unpaired) electrons. The van der Waals surface area contributed by atoms with Crippen molar-refractivity contribution in [2.45, 2.75) is 26.3 Å². The predicted octanol–water partition coefficient (Wildman–Crippen LogP) is 3.98. The van der Waals surface area contributed by atoms with Crippen molar-refractivity contribution in [3.63, 3.8) is 0 Å². The summed E-state index contributed by atoms with van der Waals surface area (Å²) in [6.45, 7) is 4.30. The maximum absolute atomic E-state index is 13.2.